The maximum Gasteiger partial charge on any atom is 0.0397 e. The third-order valence-corrected chi connectivity index (χ3v) is 4.21. The van der Waals surface area contributed by atoms with Crippen molar-refractivity contribution in [3.8, 4) is 0 Å². The van der Waals surface area contributed by atoms with Crippen molar-refractivity contribution in [1.82, 2.24) is 4.98 Å². The van der Waals surface area contributed by atoms with Gasteiger partial charge in [-0.2, -0.15) is 0 Å². The van der Waals surface area contributed by atoms with Crippen LogP contribution in [0.1, 0.15) is 12.8 Å². The number of hydrogen-bond acceptors (Lipinski definition) is 3. The Labute approximate surface area is 128 Å². The zero-order valence-electron chi connectivity index (χ0n) is 11.3. The molecule has 2 aromatic rings. The minimum Gasteiger partial charge on any atom is -0.382 e. The summed E-state index contributed by atoms with van der Waals surface area (Å²) >= 11 is 3.51. The first-order chi connectivity index (χ1) is 9.81. The van der Waals surface area contributed by atoms with E-state index in [2.05, 4.69) is 67.5 Å². The molecule has 0 spiro atoms. The first-order valence-corrected chi connectivity index (χ1v) is 7.77. The van der Waals surface area contributed by atoms with Crippen LogP contribution in [0.2, 0.25) is 0 Å². The fraction of sp³-hybridized carbons (Fsp3) is 0.312. The summed E-state index contributed by atoms with van der Waals surface area (Å²) in [5, 5.41) is 3.62. The van der Waals surface area contributed by atoms with Crippen LogP contribution < -0.4 is 10.2 Å². The molecule has 1 aliphatic heterocycles. The molecule has 1 N–H and O–H groups in total. The lowest BCUT2D eigenvalue weighted by atomic mass is 10.0. The van der Waals surface area contributed by atoms with Gasteiger partial charge in [0.1, 0.15) is 0 Å². The fourth-order valence-corrected chi connectivity index (χ4v) is 3.05. The standard InChI is InChI=1S/C16H18BrN3/c17-13-2-1-3-15(12-13)19-14-6-10-20(11-7-14)16-4-8-18-9-5-16/h1-5,8-9,12,14,19H,6-7,10-11H2. The number of nitrogens with one attached hydrogen (secondary N) is 1. The summed E-state index contributed by atoms with van der Waals surface area (Å²) < 4.78 is 1.12. The summed E-state index contributed by atoms with van der Waals surface area (Å²) in [7, 11) is 0. The number of aromatic nitrogens is 1. The van der Waals surface area contributed by atoms with Gasteiger partial charge in [-0.05, 0) is 43.2 Å². The van der Waals surface area contributed by atoms with Crippen molar-refractivity contribution in [3.63, 3.8) is 0 Å². The predicted molar refractivity (Wildman–Crippen MR) is 87.2 cm³/mol. The van der Waals surface area contributed by atoms with Crippen molar-refractivity contribution in [3.05, 3.63) is 53.3 Å². The summed E-state index contributed by atoms with van der Waals surface area (Å²) in [5.74, 6) is 0. The number of benzene rings is 1. The Kier molecular flexibility index (Phi) is 4.21. The van der Waals surface area contributed by atoms with E-state index < -0.39 is 0 Å². The first-order valence-electron chi connectivity index (χ1n) is 6.98. The molecule has 3 nitrogen and oxygen atoms in total. The number of pyridine rings is 1. The second-order valence-electron chi connectivity index (χ2n) is 5.12. The van der Waals surface area contributed by atoms with Gasteiger partial charge in [0.15, 0.2) is 0 Å². The van der Waals surface area contributed by atoms with Crippen LogP contribution in [0.25, 0.3) is 0 Å². The van der Waals surface area contributed by atoms with Gasteiger partial charge in [0, 0.05) is 47.4 Å². The quantitative estimate of drug-likeness (QED) is 0.923. The van der Waals surface area contributed by atoms with Crippen LogP contribution in [-0.2, 0) is 0 Å². The zero-order valence-corrected chi connectivity index (χ0v) is 12.9. The molecule has 0 amide bonds. The van der Waals surface area contributed by atoms with Crippen LogP contribution in [0.3, 0.4) is 0 Å². The van der Waals surface area contributed by atoms with Crippen LogP contribution in [0.5, 0.6) is 0 Å². The lowest BCUT2D eigenvalue weighted by Gasteiger charge is -2.34. The molecule has 0 bridgehead atoms. The molecule has 0 saturated carbocycles. The lowest BCUT2D eigenvalue weighted by Crippen LogP contribution is -2.39. The molecule has 20 heavy (non-hydrogen) atoms. The molecule has 0 unspecified atom stereocenters. The van der Waals surface area contributed by atoms with E-state index in [0.717, 1.165) is 30.4 Å². The molecule has 4 heteroatoms. The molecule has 1 saturated heterocycles. The molecule has 1 aliphatic rings. The van der Waals surface area contributed by atoms with Crippen LogP contribution in [0.4, 0.5) is 11.4 Å². The van der Waals surface area contributed by atoms with Gasteiger partial charge in [0.2, 0.25) is 0 Å². The van der Waals surface area contributed by atoms with Crippen LogP contribution in [0.15, 0.2) is 53.3 Å². The summed E-state index contributed by atoms with van der Waals surface area (Å²) in [6.07, 6.45) is 6.05. The third kappa shape index (κ3) is 3.31. The van der Waals surface area contributed by atoms with E-state index in [1.165, 1.54) is 11.4 Å². The van der Waals surface area contributed by atoms with Gasteiger partial charge < -0.3 is 10.2 Å². The average molecular weight is 332 g/mol. The number of nitrogens with zero attached hydrogens (tertiary/aromatic N) is 2. The Hall–Kier alpha value is -1.55. The molecular formula is C16H18BrN3. The topological polar surface area (TPSA) is 28.2 Å². The summed E-state index contributed by atoms with van der Waals surface area (Å²) in [6, 6.07) is 13.1. The normalized spacial score (nSPS) is 16.1. The minimum absolute atomic E-state index is 0.558. The van der Waals surface area contributed by atoms with Crippen LogP contribution in [0, 0.1) is 0 Å². The van der Waals surface area contributed by atoms with E-state index in [9.17, 15) is 0 Å². The molecule has 3 rings (SSSR count). The lowest BCUT2D eigenvalue weighted by molar-refractivity contribution is 0.526. The number of hydrogen-bond donors (Lipinski definition) is 1. The Morgan fingerprint density at radius 3 is 2.55 bits per heavy atom. The highest BCUT2D eigenvalue weighted by molar-refractivity contribution is 9.10. The monoisotopic (exact) mass is 331 g/mol. The fourth-order valence-electron chi connectivity index (χ4n) is 2.65. The van der Waals surface area contributed by atoms with Crippen molar-refractivity contribution < 1.29 is 0 Å². The Morgan fingerprint density at radius 1 is 1.10 bits per heavy atom. The SMILES string of the molecule is Brc1cccc(NC2CCN(c3ccncc3)CC2)c1. The number of halogens is 1. The van der Waals surface area contributed by atoms with E-state index in [-0.39, 0.29) is 0 Å². The molecule has 0 atom stereocenters. The molecule has 0 aliphatic carbocycles. The van der Waals surface area contributed by atoms with Gasteiger partial charge in [-0.1, -0.05) is 22.0 Å². The number of rotatable bonds is 3. The van der Waals surface area contributed by atoms with E-state index in [1.807, 2.05) is 12.4 Å². The van der Waals surface area contributed by atoms with Gasteiger partial charge in [-0.3, -0.25) is 4.98 Å². The van der Waals surface area contributed by atoms with Crippen molar-refractivity contribution in [2.24, 2.45) is 0 Å². The van der Waals surface area contributed by atoms with Gasteiger partial charge >= 0.3 is 0 Å². The van der Waals surface area contributed by atoms with E-state index in [1.54, 1.807) is 0 Å². The first kappa shape index (κ1) is 13.4. The second kappa shape index (κ2) is 6.27. The molecular weight excluding hydrogens is 314 g/mol. The summed E-state index contributed by atoms with van der Waals surface area (Å²) in [5.41, 5.74) is 2.47. The highest BCUT2D eigenvalue weighted by atomic mass is 79.9. The maximum atomic E-state index is 4.08. The summed E-state index contributed by atoms with van der Waals surface area (Å²) in [4.78, 5) is 6.51. The van der Waals surface area contributed by atoms with E-state index in [0.29, 0.717) is 6.04 Å². The molecule has 1 fully saturated rings. The van der Waals surface area contributed by atoms with Gasteiger partial charge in [0.05, 0.1) is 0 Å². The van der Waals surface area contributed by atoms with Crippen LogP contribution in [-0.4, -0.2) is 24.1 Å². The third-order valence-electron chi connectivity index (χ3n) is 3.72. The number of piperidine rings is 1. The van der Waals surface area contributed by atoms with Crippen molar-refractivity contribution in [2.75, 3.05) is 23.3 Å². The van der Waals surface area contributed by atoms with Crippen molar-refractivity contribution in [2.45, 2.75) is 18.9 Å². The highest BCUT2D eigenvalue weighted by Crippen LogP contribution is 2.22. The van der Waals surface area contributed by atoms with Gasteiger partial charge in [0.25, 0.3) is 0 Å². The van der Waals surface area contributed by atoms with Crippen molar-refractivity contribution in [1.29, 1.82) is 0 Å². The second-order valence-corrected chi connectivity index (χ2v) is 6.04. The Balaban J connectivity index is 1.56. The average Bonchev–Trinajstić information content (AvgIpc) is 2.49. The maximum absolute atomic E-state index is 4.08. The Bertz CT molecular complexity index is 551. The molecule has 2 heterocycles. The molecule has 1 aromatic carbocycles. The van der Waals surface area contributed by atoms with E-state index in [4.69, 9.17) is 0 Å². The summed E-state index contributed by atoms with van der Waals surface area (Å²) in [6.45, 7) is 2.19. The van der Waals surface area contributed by atoms with Crippen LogP contribution >= 0.6 is 15.9 Å². The smallest absolute Gasteiger partial charge is 0.0397 e. The molecule has 1 aromatic heterocycles. The zero-order chi connectivity index (χ0) is 13.8. The van der Waals surface area contributed by atoms with Gasteiger partial charge in [-0.25, -0.2) is 0 Å². The van der Waals surface area contributed by atoms with Crippen molar-refractivity contribution >= 4 is 27.3 Å². The number of anilines is 2. The predicted octanol–water partition coefficient (Wildman–Crippen LogP) is 3.93. The Morgan fingerprint density at radius 2 is 1.85 bits per heavy atom. The van der Waals surface area contributed by atoms with E-state index >= 15 is 0 Å². The minimum atomic E-state index is 0.558. The highest BCUT2D eigenvalue weighted by Gasteiger charge is 2.19. The van der Waals surface area contributed by atoms with Gasteiger partial charge in [-0.15, -0.1) is 0 Å². The largest absolute Gasteiger partial charge is 0.382 e. The molecule has 104 valence electrons. The molecule has 0 radical (unpaired) electrons.